The van der Waals surface area contributed by atoms with Gasteiger partial charge in [0.25, 0.3) is 6.47 Å². The number of carbonyl (C=O) groups is 2. The van der Waals surface area contributed by atoms with E-state index in [1.807, 2.05) is 0 Å². The Balaban J connectivity index is 1.53. The Labute approximate surface area is 125 Å². The molecule has 116 valence electrons. The molecule has 3 saturated carbocycles. The van der Waals surface area contributed by atoms with E-state index < -0.39 is 0 Å². The van der Waals surface area contributed by atoms with Crippen LogP contribution in [0.5, 0.6) is 0 Å². The fourth-order valence-electron chi connectivity index (χ4n) is 5.13. The molecule has 0 aliphatic heterocycles. The van der Waals surface area contributed by atoms with E-state index in [9.17, 15) is 9.59 Å². The number of ether oxygens (including phenoxy) is 2. The van der Waals surface area contributed by atoms with Gasteiger partial charge in [-0.25, -0.2) is 4.79 Å². The molecule has 0 radical (unpaired) electrons. The van der Waals surface area contributed by atoms with Crippen LogP contribution < -0.4 is 0 Å². The molecule has 0 spiro atoms. The molecular weight excluding hydrogens is 268 g/mol. The summed E-state index contributed by atoms with van der Waals surface area (Å²) < 4.78 is 10.3. The van der Waals surface area contributed by atoms with Gasteiger partial charge in [-0.1, -0.05) is 6.58 Å². The van der Waals surface area contributed by atoms with Crippen LogP contribution in [0.15, 0.2) is 12.2 Å². The molecule has 0 aromatic carbocycles. The fourth-order valence-corrected chi connectivity index (χ4v) is 5.13. The first-order valence-corrected chi connectivity index (χ1v) is 7.98. The maximum atomic E-state index is 11.5. The van der Waals surface area contributed by atoms with Crippen molar-refractivity contribution in [1.82, 2.24) is 0 Å². The normalized spacial score (nSPS) is 39.9. The van der Waals surface area contributed by atoms with Crippen molar-refractivity contribution >= 4 is 12.4 Å². The van der Waals surface area contributed by atoms with Crippen molar-refractivity contribution in [3.63, 3.8) is 0 Å². The molecule has 4 heteroatoms. The summed E-state index contributed by atoms with van der Waals surface area (Å²) in [7, 11) is 0. The Morgan fingerprint density at radius 2 is 1.90 bits per heavy atom. The van der Waals surface area contributed by atoms with E-state index in [4.69, 9.17) is 9.47 Å². The zero-order valence-electron chi connectivity index (χ0n) is 12.6. The van der Waals surface area contributed by atoms with Crippen molar-refractivity contribution in [3.05, 3.63) is 12.2 Å². The van der Waals surface area contributed by atoms with E-state index in [1.165, 1.54) is 25.7 Å². The lowest BCUT2D eigenvalue weighted by Gasteiger charge is -2.31. The molecule has 6 unspecified atom stereocenters. The van der Waals surface area contributed by atoms with Gasteiger partial charge in [-0.15, -0.1) is 0 Å². The molecule has 2 bridgehead atoms. The van der Waals surface area contributed by atoms with Gasteiger partial charge in [0.15, 0.2) is 0 Å². The van der Waals surface area contributed by atoms with Gasteiger partial charge in [0.05, 0.1) is 13.2 Å². The Morgan fingerprint density at radius 3 is 2.62 bits per heavy atom. The summed E-state index contributed by atoms with van der Waals surface area (Å²) >= 11 is 0. The standard InChI is InChI=1S/C17H24O4/c1-10(2)17(19)21-8-13-5-12-6-15(13)16-4-11(3-14(12)16)7-20-9-18/h9,11-16H,1,3-8H2,2H3. The van der Waals surface area contributed by atoms with Gasteiger partial charge in [-0.05, 0) is 68.1 Å². The first kappa shape index (κ1) is 14.6. The minimum absolute atomic E-state index is 0.266. The predicted octanol–water partition coefficient (Wildman–Crippen LogP) is 2.58. The summed E-state index contributed by atoms with van der Waals surface area (Å²) in [5, 5.41) is 0. The topological polar surface area (TPSA) is 52.6 Å². The highest BCUT2D eigenvalue weighted by molar-refractivity contribution is 5.86. The van der Waals surface area contributed by atoms with Gasteiger partial charge in [0.2, 0.25) is 0 Å². The lowest BCUT2D eigenvalue weighted by molar-refractivity contribution is -0.141. The summed E-state index contributed by atoms with van der Waals surface area (Å²) in [6.45, 7) is 6.99. The minimum Gasteiger partial charge on any atom is -0.468 e. The molecule has 3 aliphatic carbocycles. The van der Waals surface area contributed by atoms with E-state index in [1.54, 1.807) is 6.92 Å². The second kappa shape index (κ2) is 5.82. The van der Waals surface area contributed by atoms with E-state index in [-0.39, 0.29) is 5.97 Å². The fraction of sp³-hybridized carbons (Fsp3) is 0.765. The lowest BCUT2D eigenvalue weighted by atomic mass is 9.76. The average Bonchev–Trinajstić information content (AvgIpc) is 3.12. The predicted molar refractivity (Wildman–Crippen MR) is 77.2 cm³/mol. The number of fused-ring (bicyclic) bond motifs is 5. The Hall–Kier alpha value is -1.32. The molecule has 21 heavy (non-hydrogen) atoms. The molecule has 6 atom stereocenters. The van der Waals surface area contributed by atoms with E-state index in [0.717, 1.165) is 17.8 Å². The van der Waals surface area contributed by atoms with Crippen molar-refractivity contribution in [2.75, 3.05) is 13.2 Å². The zero-order chi connectivity index (χ0) is 15.0. The van der Waals surface area contributed by atoms with Crippen LogP contribution in [0.2, 0.25) is 0 Å². The van der Waals surface area contributed by atoms with Crippen molar-refractivity contribution < 1.29 is 19.1 Å². The van der Waals surface area contributed by atoms with Crippen LogP contribution in [-0.2, 0) is 19.1 Å². The second-order valence-electron chi connectivity index (χ2n) is 7.13. The second-order valence-corrected chi connectivity index (χ2v) is 7.13. The van der Waals surface area contributed by atoms with Gasteiger partial charge >= 0.3 is 5.97 Å². The monoisotopic (exact) mass is 292 g/mol. The summed E-state index contributed by atoms with van der Waals surface area (Å²) in [6.07, 6.45) is 4.87. The average molecular weight is 292 g/mol. The molecule has 0 aromatic rings. The first-order valence-electron chi connectivity index (χ1n) is 7.98. The highest BCUT2D eigenvalue weighted by atomic mass is 16.5. The van der Waals surface area contributed by atoms with Crippen LogP contribution in [-0.4, -0.2) is 25.7 Å². The molecular formula is C17H24O4. The third-order valence-electron chi connectivity index (χ3n) is 5.88. The van der Waals surface area contributed by atoms with Crippen LogP contribution in [0.1, 0.15) is 32.6 Å². The van der Waals surface area contributed by atoms with Crippen molar-refractivity contribution in [2.45, 2.75) is 32.6 Å². The van der Waals surface area contributed by atoms with Gasteiger partial charge < -0.3 is 9.47 Å². The largest absolute Gasteiger partial charge is 0.468 e. The SMILES string of the molecule is C=C(C)C(=O)OCC1CC2CC1C1CC(COC=O)CC21. The number of esters is 1. The summed E-state index contributed by atoms with van der Waals surface area (Å²) in [5.41, 5.74) is 0.475. The molecule has 3 rings (SSSR count). The van der Waals surface area contributed by atoms with Gasteiger partial charge in [0.1, 0.15) is 0 Å². The van der Waals surface area contributed by atoms with E-state index in [2.05, 4.69) is 6.58 Å². The smallest absolute Gasteiger partial charge is 0.333 e. The highest BCUT2D eigenvalue weighted by Gasteiger charge is 2.55. The summed E-state index contributed by atoms with van der Waals surface area (Å²) in [4.78, 5) is 21.9. The minimum atomic E-state index is -0.266. The Kier molecular flexibility index (Phi) is 4.05. The summed E-state index contributed by atoms with van der Waals surface area (Å²) in [5.74, 6) is 3.82. The third kappa shape index (κ3) is 2.72. The van der Waals surface area contributed by atoms with Crippen molar-refractivity contribution in [3.8, 4) is 0 Å². The quantitative estimate of drug-likeness (QED) is 0.429. The van der Waals surface area contributed by atoms with Crippen LogP contribution in [0, 0.1) is 35.5 Å². The molecule has 0 amide bonds. The molecule has 0 aromatic heterocycles. The van der Waals surface area contributed by atoms with Crippen LogP contribution in [0.4, 0.5) is 0 Å². The van der Waals surface area contributed by atoms with Crippen molar-refractivity contribution in [1.29, 1.82) is 0 Å². The highest BCUT2D eigenvalue weighted by Crippen LogP contribution is 2.62. The molecule has 4 nitrogen and oxygen atoms in total. The maximum absolute atomic E-state index is 11.5. The van der Waals surface area contributed by atoms with Gasteiger partial charge in [-0.3, -0.25) is 4.79 Å². The molecule has 0 N–H and O–H groups in total. The van der Waals surface area contributed by atoms with Crippen molar-refractivity contribution in [2.24, 2.45) is 35.5 Å². The third-order valence-corrected chi connectivity index (χ3v) is 5.88. The first-order chi connectivity index (χ1) is 10.1. The zero-order valence-corrected chi connectivity index (χ0v) is 12.6. The van der Waals surface area contributed by atoms with Gasteiger partial charge in [-0.2, -0.15) is 0 Å². The number of rotatable bonds is 6. The van der Waals surface area contributed by atoms with Gasteiger partial charge in [0, 0.05) is 5.57 Å². The van der Waals surface area contributed by atoms with E-state index in [0.29, 0.717) is 43.0 Å². The molecule has 3 aliphatic rings. The number of hydrogen-bond acceptors (Lipinski definition) is 4. The number of carbonyl (C=O) groups excluding carboxylic acids is 2. The lowest BCUT2D eigenvalue weighted by Crippen LogP contribution is -2.28. The van der Waals surface area contributed by atoms with Crippen LogP contribution >= 0.6 is 0 Å². The Bertz CT molecular complexity index is 444. The molecule has 3 fully saturated rings. The summed E-state index contributed by atoms with van der Waals surface area (Å²) in [6, 6.07) is 0. The molecule has 0 heterocycles. The van der Waals surface area contributed by atoms with Crippen LogP contribution in [0.25, 0.3) is 0 Å². The van der Waals surface area contributed by atoms with Crippen LogP contribution in [0.3, 0.4) is 0 Å². The Morgan fingerprint density at radius 1 is 1.14 bits per heavy atom. The molecule has 0 saturated heterocycles. The number of hydrogen-bond donors (Lipinski definition) is 0. The van der Waals surface area contributed by atoms with E-state index >= 15 is 0 Å². The maximum Gasteiger partial charge on any atom is 0.333 e.